The summed E-state index contributed by atoms with van der Waals surface area (Å²) in [6.45, 7) is 2.04. The second-order valence-corrected chi connectivity index (χ2v) is 3.01. The molecule has 0 unspecified atom stereocenters. The summed E-state index contributed by atoms with van der Waals surface area (Å²) in [5, 5.41) is 9.64. The van der Waals surface area contributed by atoms with Crippen LogP contribution in [0.25, 0.3) is 0 Å². The van der Waals surface area contributed by atoms with Crippen LogP contribution in [0.4, 0.5) is 4.79 Å². The number of urea groups is 1. The molecule has 0 radical (unpaired) electrons. The summed E-state index contributed by atoms with van der Waals surface area (Å²) in [6.07, 6.45) is 0. The Hall–Kier alpha value is -0.610. The molecule has 0 saturated carbocycles. The molecular weight excluding hydrogens is 132 g/mol. The van der Waals surface area contributed by atoms with E-state index in [0.29, 0.717) is 11.6 Å². The maximum Gasteiger partial charge on any atom is 0.442 e. The van der Waals surface area contributed by atoms with Gasteiger partial charge in [0.2, 0.25) is 0 Å². The van der Waals surface area contributed by atoms with Gasteiger partial charge in [-0.2, -0.15) is 5.06 Å². The molecule has 0 heterocycles. The monoisotopic (exact) mass is 147 g/mol. The molecule has 0 spiro atoms. The predicted octanol–water partition coefficient (Wildman–Crippen LogP) is 0.524. The van der Waals surface area contributed by atoms with Gasteiger partial charge in [-0.05, 0) is 6.92 Å². The fourth-order valence-electron chi connectivity index (χ4n) is 0.482. The van der Waals surface area contributed by atoms with E-state index in [0.717, 1.165) is 0 Å². The number of nitrogens with zero attached hydrogens (tertiary/aromatic N) is 2. The van der Waals surface area contributed by atoms with E-state index in [-0.39, 0.29) is 10.5 Å². The average Bonchev–Trinajstić information content (AvgIpc) is 1.83. The van der Waals surface area contributed by atoms with E-state index in [2.05, 4.69) is 0 Å². The van der Waals surface area contributed by atoms with Crippen LogP contribution < -0.4 is 0 Å². The highest BCUT2D eigenvalue weighted by Gasteiger charge is 2.25. The zero-order chi connectivity index (χ0) is 8.36. The van der Waals surface area contributed by atoms with Crippen molar-refractivity contribution >= 4 is 6.03 Å². The van der Waals surface area contributed by atoms with E-state index in [1.165, 1.54) is 0 Å². The number of hydrogen-bond acceptors (Lipinski definition) is 2. The lowest BCUT2D eigenvalue weighted by molar-refractivity contribution is -0.793. The zero-order valence-corrected chi connectivity index (χ0v) is 6.96. The maximum absolute atomic E-state index is 11.0. The molecule has 0 atom stereocenters. The van der Waals surface area contributed by atoms with Crippen molar-refractivity contribution in [1.29, 1.82) is 0 Å². The first-order valence-electron chi connectivity index (χ1n) is 3.22. The Bertz CT molecular complexity index is 128. The van der Waals surface area contributed by atoms with Gasteiger partial charge in [0, 0.05) is 0 Å². The van der Waals surface area contributed by atoms with Gasteiger partial charge in [0.05, 0.1) is 27.7 Å². The first kappa shape index (κ1) is 9.39. The molecule has 0 bridgehead atoms. The van der Waals surface area contributed by atoms with Crippen molar-refractivity contribution in [1.82, 2.24) is 5.06 Å². The number of amides is 2. The number of hydroxylamine groups is 2. The van der Waals surface area contributed by atoms with Gasteiger partial charge in [0.1, 0.15) is 0 Å². The summed E-state index contributed by atoms with van der Waals surface area (Å²) >= 11 is 0. The molecule has 4 heteroatoms. The molecule has 0 aromatic rings. The van der Waals surface area contributed by atoms with Gasteiger partial charge in [-0.15, -0.1) is 0 Å². The van der Waals surface area contributed by atoms with Crippen LogP contribution in [0.1, 0.15) is 6.92 Å². The van der Waals surface area contributed by atoms with E-state index >= 15 is 0 Å². The van der Waals surface area contributed by atoms with Crippen LogP contribution in [-0.4, -0.2) is 48.5 Å². The summed E-state index contributed by atoms with van der Waals surface area (Å²) in [6, 6.07) is -0.303. The van der Waals surface area contributed by atoms with Gasteiger partial charge < -0.3 is 0 Å². The van der Waals surface area contributed by atoms with Gasteiger partial charge in [0.15, 0.2) is 0 Å². The van der Waals surface area contributed by atoms with E-state index in [4.69, 9.17) is 5.21 Å². The Morgan fingerprint density at radius 2 is 1.90 bits per heavy atom. The van der Waals surface area contributed by atoms with E-state index < -0.39 is 0 Å². The highest BCUT2D eigenvalue weighted by Crippen LogP contribution is 1.97. The quantitative estimate of drug-likeness (QED) is 0.334. The lowest BCUT2D eigenvalue weighted by Crippen LogP contribution is -2.49. The zero-order valence-electron chi connectivity index (χ0n) is 6.96. The van der Waals surface area contributed by atoms with E-state index in [9.17, 15) is 4.79 Å². The third kappa shape index (κ3) is 2.33. The highest BCUT2D eigenvalue weighted by atomic mass is 16.5. The fourth-order valence-corrected chi connectivity index (χ4v) is 0.482. The normalized spacial score (nSPS) is 11.3. The van der Waals surface area contributed by atoms with Crippen molar-refractivity contribution in [3.05, 3.63) is 0 Å². The molecule has 1 N–H and O–H groups in total. The lowest BCUT2D eigenvalue weighted by Gasteiger charge is -2.24. The van der Waals surface area contributed by atoms with Gasteiger partial charge in [0.25, 0.3) is 0 Å². The van der Waals surface area contributed by atoms with E-state index in [1.54, 1.807) is 28.1 Å². The fraction of sp³-hybridized carbons (Fsp3) is 0.833. The molecule has 10 heavy (non-hydrogen) atoms. The molecular formula is C6H15N2O2+. The first-order valence-corrected chi connectivity index (χ1v) is 3.22. The van der Waals surface area contributed by atoms with Gasteiger partial charge in [-0.1, -0.05) is 0 Å². The predicted molar refractivity (Wildman–Crippen MR) is 37.6 cm³/mol. The summed E-state index contributed by atoms with van der Waals surface area (Å²) in [5.74, 6) is 0. The number of quaternary nitrogens is 1. The topological polar surface area (TPSA) is 40.5 Å². The molecule has 0 aromatic heterocycles. The Morgan fingerprint density at radius 3 is 2.00 bits per heavy atom. The number of hydrogen-bond donors (Lipinski definition) is 1. The molecule has 0 aliphatic rings. The van der Waals surface area contributed by atoms with Gasteiger partial charge >= 0.3 is 6.03 Å². The van der Waals surface area contributed by atoms with Gasteiger partial charge in [-0.3, -0.25) is 5.21 Å². The van der Waals surface area contributed by atoms with Crippen LogP contribution in [0, 0.1) is 0 Å². The molecule has 0 aromatic carbocycles. The Morgan fingerprint density at radius 1 is 1.50 bits per heavy atom. The molecule has 4 nitrogen and oxygen atoms in total. The number of rotatable bonds is 1. The van der Waals surface area contributed by atoms with Crippen molar-refractivity contribution in [2.24, 2.45) is 0 Å². The average molecular weight is 147 g/mol. The van der Waals surface area contributed by atoms with Crippen molar-refractivity contribution in [3.63, 3.8) is 0 Å². The van der Waals surface area contributed by atoms with Crippen LogP contribution in [0.2, 0.25) is 0 Å². The third-order valence-corrected chi connectivity index (χ3v) is 1.09. The van der Waals surface area contributed by atoms with Crippen LogP contribution in [0.15, 0.2) is 0 Å². The molecule has 2 amide bonds. The van der Waals surface area contributed by atoms with E-state index in [1.807, 2.05) is 0 Å². The second-order valence-electron chi connectivity index (χ2n) is 3.01. The van der Waals surface area contributed by atoms with Crippen LogP contribution >= 0.6 is 0 Å². The van der Waals surface area contributed by atoms with Crippen molar-refractivity contribution < 1.29 is 14.5 Å². The summed E-state index contributed by atoms with van der Waals surface area (Å²) < 4.78 is 0.115. The van der Waals surface area contributed by atoms with Crippen molar-refractivity contribution in [3.8, 4) is 0 Å². The van der Waals surface area contributed by atoms with Crippen LogP contribution in [0.3, 0.4) is 0 Å². The Labute approximate surface area is 61.2 Å². The molecule has 0 rings (SSSR count). The largest absolute Gasteiger partial charge is 0.442 e. The summed E-state index contributed by atoms with van der Waals surface area (Å²) in [7, 11) is 5.13. The Kier molecular flexibility index (Phi) is 2.80. The smallest absolute Gasteiger partial charge is 0.281 e. The molecule has 60 valence electrons. The summed E-state index contributed by atoms with van der Waals surface area (Å²) in [5.41, 5.74) is 0. The maximum atomic E-state index is 11.0. The second kappa shape index (κ2) is 2.98. The SMILES string of the molecule is CCN(O)C(=O)[N+](C)(C)C. The minimum atomic E-state index is -0.303. The number of carbonyl (C=O) groups excluding carboxylic acids is 1. The highest BCUT2D eigenvalue weighted by molar-refractivity contribution is 5.65. The molecule has 0 saturated heterocycles. The van der Waals surface area contributed by atoms with Crippen molar-refractivity contribution in [2.45, 2.75) is 6.92 Å². The minimum Gasteiger partial charge on any atom is -0.281 e. The summed E-state index contributed by atoms with van der Waals surface area (Å²) in [4.78, 5) is 11.0. The lowest BCUT2D eigenvalue weighted by atomic mass is 10.6. The molecule has 0 aliphatic carbocycles. The minimum absolute atomic E-state index is 0.115. The van der Waals surface area contributed by atoms with Crippen LogP contribution in [-0.2, 0) is 0 Å². The third-order valence-electron chi connectivity index (χ3n) is 1.09. The molecule has 0 fully saturated rings. The number of carbonyl (C=O) groups is 1. The molecule has 0 aliphatic heterocycles. The Balaban J connectivity index is 4.09. The van der Waals surface area contributed by atoms with Crippen LogP contribution in [0.5, 0.6) is 0 Å². The van der Waals surface area contributed by atoms with Crippen molar-refractivity contribution in [2.75, 3.05) is 27.7 Å². The van der Waals surface area contributed by atoms with Gasteiger partial charge in [-0.25, -0.2) is 9.28 Å². The standard InChI is InChI=1S/C6H15N2O2/c1-5-7(10)6(9)8(2,3)4/h10H,5H2,1-4H3/q+1. The first-order chi connectivity index (χ1) is 4.39.